The van der Waals surface area contributed by atoms with Crippen molar-refractivity contribution in [3.63, 3.8) is 0 Å². The molecule has 0 radical (unpaired) electrons. The molecule has 0 atom stereocenters. The number of hydrogen-bond donors (Lipinski definition) is 2. The summed E-state index contributed by atoms with van der Waals surface area (Å²) in [5, 5.41) is 12.8. The molecular formula is C12H16ClN3O2. The molecule has 1 aromatic heterocycles. The first-order valence-electron chi connectivity index (χ1n) is 5.97. The molecular weight excluding hydrogens is 254 g/mol. The van der Waals surface area contributed by atoms with Gasteiger partial charge in [-0.05, 0) is 24.5 Å². The van der Waals surface area contributed by atoms with E-state index in [0.29, 0.717) is 24.3 Å². The first-order chi connectivity index (χ1) is 8.65. The van der Waals surface area contributed by atoms with E-state index in [-0.39, 0.29) is 0 Å². The molecule has 5 nitrogen and oxygen atoms in total. The topological polar surface area (TPSA) is 65.5 Å². The van der Waals surface area contributed by atoms with Gasteiger partial charge in [-0.15, -0.1) is 0 Å². The van der Waals surface area contributed by atoms with Gasteiger partial charge in [0.2, 0.25) is 0 Å². The van der Waals surface area contributed by atoms with Crippen LogP contribution in [-0.4, -0.2) is 40.2 Å². The Labute approximate surface area is 111 Å². The molecule has 98 valence electrons. The van der Waals surface area contributed by atoms with E-state index in [9.17, 15) is 4.79 Å². The van der Waals surface area contributed by atoms with Gasteiger partial charge in [-0.2, -0.15) is 0 Å². The second kappa shape index (κ2) is 6.02. The lowest BCUT2D eigenvalue weighted by Gasteiger charge is -2.30. The van der Waals surface area contributed by atoms with Gasteiger partial charge >= 0.3 is 6.09 Å². The number of nitrogens with zero attached hydrogens (tertiary/aromatic N) is 2. The van der Waals surface area contributed by atoms with Crippen LogP contribution in [0, 0.1) is 0 Å². The lowest BCUT2D eigenvalue weighted by atomic mass is 10.1. The van der Waals surface area contributed by atoms with Gasteiger partial charge in [0.25, 0.3) is 0 Å². The van der Waals surface area contributed by atoms with Crippen molar-refractivity contribution < 1.29 is 9.90 Å². The maximum Gasteiger partial charge on any atom is 0.407 e. The Bertz CT molecular complexity index is 402. The Balaban J connectivity index is 1.75. The van der Waals surface area contributed by atoms with Crippen molar-refractivity contribution in [2.75, 3.05) is 13.1 Å². The molecule has 1 fully saturated rings. The van der Waals surface area contributed by atoms with Crippen molar-refractivity contribution in [3.8, 4) is 0 Å². The minimum Gasteiger partial charge on any atom is -0.465 e. The molecule has 6 heteroatoms. The van der Waals surface area contributed by atoms with Crippen LogP contribution in [-0.2, 0) is 6.54 Å². The van der Waals surface area contributed by atoms with Crippen LogP contribution in [0.1, 0.15) is 18.4 Å². The lowest BCUT2D eigenvalue weighted by molar-refractivity contribution is 0.129. The van der Waals surface area contributed by atoms with Crippen molar-refractivity contribution in [1.29, 1.82) is 0 Å². The summed E-state index contributed by atoms with van der Waals surface area (Å²) in [5.74, 6) is 0. The third-order valence-corrected chi connectivity index (χ3v) is 3.37. The number of piperidine rings is 1. The Morgan fingerprint density at radius 1 is 1.50 bits per heavy atom. The molecule has 1 aliphatic heterocycles. The number of pyridine rings is 1. The molecule has 0 aliphatic carbocycles. The SMILES string of the molecule is O=C(O)N1CCC(NCc2ccc(Cl)nc2)CC1. The van der Waals surface area contributed by atoms with E-state index in [1.165, 1.54) is 4.90 Å². The maximum atomic E-state index is 10.8. The Hall–Kier alpha value is -1.33. The van der Waals surface area contributed by atoms with Crippen molar-refractivity contribution in [3.05, 3.63) is 29.0 Å². The van der Waals surface area contributed by atoms with Gasteiger partial charge in [0.15, 0.2) is 0 Å². The number of amides is 1. The van der Waals surface area contributed by atoms with Crippen LogP contribution in [0.4, 0.5) is 4.79 Å². The van der Waals surface area contributed by atoms with Crippen LogP contribution in [0.3, 0.4) is 0 Å². The standard InChI is InChI=1S/C12H16ClN3O2/c13-11-2-1-9(8-15-11)7-14-10-3-5-16(6-4-10)12(17)18/h1-2,8,10,14H,3-7H2,(H,17,18). The fourth-order valence-electron chi connectivity index (χ4n) is 2.05. The van der Waals surface area contributed by atoms with Gasteiger partial charge in [-0.1, -0.05) is 17.7 Å². The van der Waals surface area contributed by atoms with Crippen LogP contribution in [0.2, 0.25) is 5.15 Å². The Kier molecular flexibility index (Phi) is 4.38. The Morgan fingerprint density at radius 3 is 2.78 bits per heavy atom. The summed E-state index contributed by atoms with van der Waals surface area (Å²) >= 11 is 5.71. The molecule has 2 heterocycles. The molecule has 1 aliphatic rings. The molecule has 2 rings (SSSR count). The largest absolute Gasteiger partial charge is 0.465 e. The molecule has 0 bridgehead atoms. The third-order valence-electron chi connectivity index (χ3n) is 3.15. The van der Waals surface area contributed by atoms with Gasteiger partial charge in [-0.25, -0.2) is 9.78 Å². The zero-order valence-corrected chi connectivity index (χ0v) is 10.7. The van der Waals surface area contributed by atoms with E-state index < -0.39 is 6.09 Å². The molecule has 2 N–H and O–H groups in total. The van der Waals surface area contributed by atoms with Crippen molar-refractivity contribution >= 4 is 17.7 Å². The van der Waals surface area contributed by atoms with Crippen LogP contribution >= 0.6 is 11.6 Å². The predicted octanol–water partition coefficient (Wildman–Crippen LogP) is 1.97. The van der Waals surface area contributed by atoms with E-state index >= 15 is 0 Å². The number of hydrogen-bond acceptors (Lipinski definition) is 3. The highest BCUT2D eigenvalue weighted by Gasteiger charge is 2.21. The minimum absolute atomic E-state index is 0.372. The number of halogens is 1. The van der Waals surface area contributed by atoms with Crippen molar-refractivity contribution in [2.45, 2.75) is 25.4 Å². The second-order valence-corrected chi connectivity index (χ2v) is 4.80. The van der Waals surface area contributed by atoms with E-state index in [0.717, 1.165) is 24.9 Å². The highest BCUT2D eigenvalue weighted by molar-refractivity contribution is 6.29. The summed E-state index contributed by atoms with van der Waals surface area (Å²) in [6, 6.07) is 4.08. The van der Waals surface area contributed by atoms with Crippen molar-refractivity contribution in [1.82, 2.24) is 15.2 Å². The fraction of sp³-hybridized carbons (Fsp3) is 0.500. The number of rotatable bonds is 3. The summed E-state index contributed by atoms with van der Waals surface area (Å²) in [6.07, 6.45) is 2.64. The molecule has 1 amide bonds. The van der Waals surface area contributed by atoms with Gasteiger partial charge in [0, 0.05) is 31.9 Å². The van der Waals surface area contributed by atoms with Gasteiger partial charge in [-0.3, -0.25) is 0 Å². The van der Waals surface area contributed by atoms with Gasteiger partial charge in [0.1, 0.15) is 5.15 Å². The molecule has 1 aromatic rings. The zero-order valence-electron chi connectivity index (χ0n) is 9.97. The van der Waals surface area contributed by atoms with Gasteiger partial charge in [0.05, 0.1) is 0 Å². The molecule has 18 heavy (non-hydrogen) atoms. The summed E-state index contributed by atoms with van der Waals surface area (Å²) < 4.78 is 0. The van der Waals surface area contributed by atoms with Crippen molar-refractivity contribution in [2.24, 2.45) is 0 Å². The number of likely N-dealkylation sites (tertiary alicyclic amines) is 1. The molecule has 0 unspecified atom stereocenters. The minimum atomic E-state index is -0.824. The number of carbonyl (C=O) groups is 1. The van der Waals surface area contributed by atoms with E-state index in [2.05, 4.69) is 10.3 Å². The zero-order chi connectivity index (χ0) is 13.0. The maximum absolute atomic E-state index is 10.8. The average molecular weight is 270 g/mol. The first kappa shape index (κ1) is 13.1. The summed E-state index contributed by atoms with van der Waals surface area (Å²) in [6.45, 7) is 1.94. The normalized spacial score (nSPS) is 16.8. The van der Waals surface area contributed by atoms with E-state index in [4.69, 9.17) is 16.7 Å². The highest BCUT2D eigenvalue weighted by Crippen LogP contribution is 2.11. The van der Waals surface area contributed by atoms with Crippen LogP contribution < -0.4 is 5.32 Å². The average Bonchev–Trinajstić information content (AvgIpc) is 2.38. The molecule has 0 saturated carbocycles. The number of aromatic nitrogens is 1. The van der Waals surface area contributed by atoms with Crippen LogP contribution in [0.25, 0.3) is 0 Å². The monoisotopic (exact) mass is 269 g/mol. The Morgan fingerprint density at radius 2 is 2.22 bits per heavy atom. The summed E-state index contributed by atoms with van der Waals surface area (Å²) in [7, 11) is 0. The molecule has 0 aromatic carbocycles. The van der Waals surface area contributed by atoms with Crippen LogP contribution in [0.5, 0.6) is 0 Å². The predicted molar refractivity (Wildman–Crippen MR) is 68.7 cm³/mol. The smallest absolute Gasteiger partial charge is 0.407 e. The lowest BCUT2D eigenvalue weighted by Crippen LogP contribution is -2.44. The van der Waals surface area contributed by atoms with E-state index in [1.807, 2.05) is 6.07 Å². The van der Waals surface area contributed by atoms with E-state index in [1.54, 1.807) is 12.3 Å². The first-order valence-corrected chi connectivity index (χ1v) is 6.34. The second-order valence-electron chi connectivity index (χ2n) is 4.41. The number of carboxylic acid groups (broad SMARTS) is 1. The number of nitrogens with one attached hydrogen (secondary N) is 1. The fourth-order valence-corrected chi connectivity index (χ4v) is 2.16. The van der Waals surface area contributed by atoms with Crippen LogP contribution in [0.15, 0.2) is 18.3 Å². The summed E-state index contributed by atoms with van der Waals surface area (Å²) in [4.78, 5) is 16.2. The third kappa shape index (κ3) is 3.58. The highest BCUT2D eigenvalue weighted by atomic mass is 35.5. The van der Waals surface area contributed by atoms with Gasteiger partial charge < -0.3 is 15.3 Å². The molecule has 0 spiro atoms. The quantitative estimate of drug-likeness (QED) is 0.824. The molecule has 1 saturated heterocycles. The summed E-state index contributed by atoms with van der Waals surface area (Å²) in [5.41, 5.74) is 1.08.